The van der Waals surface area contributed by atoms with Gasteiger partial charge in [0.2, 0.25) is 5.95 Å². The molecule has 0 saturated heterocycles. The smallest absolute Gasteiger partial charge is 0.295 e. The van der Waals surface area contributed by atoms with Crippen molar-refractivity contribution in [2.45, 2.75) is 32.4 Å². The third-order valence-electron chi connectivity index (χ3n) is 4.60. The zero-order valence-electron chi connectivity index (χ0n) is 15.7. The summed E-state index contributed by atoms with van der Waals surface area (Å²) in [7, 11) is 0. The molecule has 0 spiro atoms. The molecule has 1 fully saturated rings. The normalized spacial score (nSPS) is 14.8. The van der Waals surface area contributed by atoms with Crippen LogP contribution in [0.15, 0.2) is 35.3 Å². The Bertz CT molecular complexity index is 1110. The Labute approximate surface area is 165 Å². The molecule has 0 amide bonds. The minimum atomic E-state index is -0.928. The first-order chi connectivity index (χ1) is 13.9. The Morgan fingerprint density at radius 1 is 1.31 bits per heavy atom. The van der Waals surface area contributed by atoms with E-state index < -0.39 is 23.3 Å². The van der Waals surface area contributed by atoms with Crippen LogP contribution in [0.25, 0.3) is 11.0 Å². The molecule has 0 aliphatic heterocycles. The van der Waals surface area contributed by atoms with Crippen molar-refractivity contribution in [3.8, 4) is 11.5 Å². The van der Waals surface area contributed by atoms with Gasteiger partial charge in [-0.15, -0.1) is 0 Å². The molecular formula is C20H20F2N4O3. The van der Waals surface area contributed by atoms with Crippen molar-refractivity contribution >= 4 is 17.0 Å². The molecule has 7 nitrogen and oxygen atoms in total. The summed E-state index contributed by atoms with van der Waals surface area (Å²) in [6.45, 7) is 2.27. The van der Waals surface area contributed by atoms with E-state index in [0.29, 0.717) is 29.0 Å². The van der Waals surface area contributed by atoms with Gasteiger partial charge in [0.1, 0.15) is 11.5 Å². The van der Waals surface area contributed by atoms with E-state index in [4.69, 9.17) is 4.74 Å². The van der Waals surface area contributed by atoms with Crippen molar-refractivity contribution < 1.29 is 18.6 Å². The number of fused-ring (bicyclic) bond motifs is 1. The number of ether oxygens (including phenoxy) is 1. The monoisotopic (exact) mass is 402 g/mol. The summed E-state index contributed by atoms with van der Waals surface area (Å²) in [5.41, 5.74) is -0.259. The van der Waals surface area contributed by atoms with Gasteiger partial charge < -0.3 is 15.2 Å². The van der Waals surface area contributed by atoms with Gasteiger partial charge in [-0.3, -0.25) is 9.36 Å². The van der Waals surface area contributed by atoms with Crippen LogP contribution in [-0.2, 0) is 6.54 Å². The zero-order chi connectivity index (χ0) is 20.5. The summed E-state index contributed by atoms with van der Waals surface area (Å²) in [6, 6.07) is 4.22. The number of benzene rings is 1. The summed E-state index contributed by atoms with van der Waals surface area (Å²) in [6.07, 6.45) is 3.05. The molecule has 152 valence electrons. The summed E-state index contributed by atoms with van der Waals surface area (Å²) in [5, 5.41) is 13.5. The fraction of sp³-hybridized carbons (Fsp3) is 0.350. The molecule has 1 unspecified atom stereocenters. The largest absolute Gasteiger partial charge is 0.448 e. The lowest BCUT2D eigenvalue weighted by Crippen LogP contribution is -2.27. The molecule has 1 aromatic carbocycles. The number of pyridine rings is 1. The van der Waals surface area contributed by atoms with Crippen molar-refractivity contribution in [2.75, 3.05) is 11.9 Å². The summed E-state index contributed by atoms with van der Waals surface area (Å²) < 4.78 is 33.8. The second-order valence-electron chi connectivity index (χ2n) is 7.25. The number of nitrogens with one attached hydrogen (secondary N) is 1. The molecule has 4 rings (SSSR count). The fourth-order valence-corrected chi connectivity index (χ4v) is 2.96. The van der Waals surface area contributed by atoms with Gasteiger partial charge in [-0.2, -0.15) is 4.98 Å². The van der Waals surface area contributed by atoms with E-state index in [1.807, 2.05) is 0 Å². The van der Waals surface area contributed by atoms with Gasteiger partial charge in [-0.1, -0.05) is 0 Å². The summed E-state index contributed by atoms with van der Waals surface area (Å²) in [4.78, 5) is 21.6. The molecule has 2 heterocycles. The van der Waals surface area contributed by atoms with Crippen LogP contribution in [0, 0.1) is 17.6 Å². The van der Waals surface area contributed by atoms with Crippen LogP contribution in [0.5, 0.6) is 11.5 Å². The first-order valence-corrected chi connectivity index (χ1v) is 9.36. The number of rotatable bonds is 7. The minimum Gasteiger partial charge on any atom is -0.448 e. The Kier molecular flexibility index (Phi) is 5.14. The van der Waals surface area contributed by atoms with Crippen LogP contribution in [0.2, 0.25) is 0 Å². The number of nitrogens with zero attached hydrogens (tertiary/aromatic N) is 3. The highest BCUT2D eigenvalue weighted by Crippen LogP contribution is 2.29. The number of aliphatic hydroxyl groups is 1. The predicted octanol–water partition coefficient (Wildman–Crippen LogP) is 3.06. The summed E-state index contributed by atoms with van der Waals surface area (Å²) in [5.74, 6) is -1.13. The number of anilines is 1. The molecule has 1 saturated carbocycles. The number of aromatic nitrogens is 3. The SMILES string of the molecule is CC(O)Cn1c(=O)c(Oc2ccc(F)cc2F)cc2cnc(NCC3CC3)nc21. The lowest BCUT2D eigenvalue weighted by molar-refractivity contribution is 0.173. The van der Waals surface area contributed by atoms with Gasteiger partial charge >= 0.3 is 0 Å². The Hall–Kier alpha value is -3.07. The van der Waals surface area contributed by atoms with Gasteiger partial charge in [0.05, 0.1) is 12.6 Å². The minimum absolute atomic E-state index is 0.0302. The van der Waals surface area contributed by atoms with Crippen molar-refractivity contribution in [3.63, 3.8) is 0 Å². The number of hydrogen-bond donors (Lipinski definition) is 2. The molecule has 2 aromatic heterocycles. The molecule has 1 aliphatic carbocycles. The van der Waals surface area contributed by atoms with E-state index in [1.165, 1.54) is 29.7 Å². The van der Waals surface area contributed by atoms with Crippen molar-refractivity contribution in [3.05, 3.63) is 52.5 Å². The number of aliphatic hydroxyl groups excluding tert-OH is 1. The molecule has 9 heteroatoms. The molecule has 1 atom stereocenters. The lowest BCUT2D eigenvalue weighted by atomic mass is 10.3. The van der Waals surface area contributed by atoms with Gasteiger partial charge in [0.15, 0.2) is 17.3 Å². The van der Waals surface area contributed by atoms with E-state index in [9.17, 15) is 18.7 Å². The number of hydrogen-bond acceptors (Lipinski definition) is 6. The average Bonchev–Trinajstić information content (AvgIpc) is 3.50. The fourth-order valence-electron chi connectivity index (χ4n) is 2.96. The molecule has 2 N–H and O–H groups in total. The standard InChI is InChI=1S/C20H20F2N4O3/c1-11(27)10-26-18-13(9-24-20(25-18)23-8-12-2-3-12)6-17(19(26)28)29-16-5-4-14(21)7-15(16)22/h4-7,9,11-12,27H,2-3,8,10H2,1H3,(H,23,24,25). The highest BCUT2D eigenvalue weighted by atomic mass is 19.1. The number of halogens is 2. The van der Waals surface area contributed by atoms with Crippen LogP contribution in [0.3, 0.4) is 0 Å². The maximum Gasteiger partial charge on any atom is 0.295 e. The van der Waals surface area contributed by atoms with Gasteiger partial charge in [-0.25, -0.2) is 13.8 Å². The third-order valence-corrected chi connectivity index (χ3v) is 4.60. The highest BCUT2D eigenvalue weighted by Gasteiger charge is 2.21. The van der Waals surface area contributed by atoms with Crippen molar-refractivity contribution in [1.29, 1.82) is 0 Å². The Balaban J connectivity index is 1.75. The van der Waals surface area contributed by atoms with E-state index in [2.05, 4.69) is 15.3 Å². The average molecular weight is 402 g/mol. The maximum absolute atomic E-state index is 14.0. The van der Waals surface area contributed by atoms with E-state index >= 15 is 0 Å². The van der Waals surface area contributed by atoms with E-state index in [1.54, 1.807) is 6.92 Å². The first kappa shape index (κ1) is 19.3. The molecule has 3 aromatic rings. The second-order valence-corrected chi connectivity index (χ2v) is 7.25. The van der Waals surface area contributed by atoms with Crippen LogP contribution < -0.4 is 15.6 Å². The maximum atomic E-state index is 14.0. The van der Waals surface area contributed by atoms with Gasteiger partial charge in [0.25, 0.3) is 5.56 Å². The van der Waals surface area contributed by atoms with Crippen LogP contribution in [-0.4, -0.2) is 32.3 Å². The summed E-state index contributed by atoms with van der Waals surface area (Å²) >= 11 is 0. The zero-order valence-corrected chi connectivity index (χ0v) is 15.7. The lowest BCUT2D eigenvalue weighted by Gasteiger charge is -2.15. The quantitative estimate of drug-likeness (QED) is 0.631. The molecule has 0 radical (unpaired) electrons. The van der Waals surface area contributed by atoms with E-state index in [0.717, 1.165) is 18.7 Å². The third kappa shape index (κ3) is 4.34. The van der Waals surface area contributed by atoms with Crippen LogP contribution >= 0.6 is 0 Å². The van der Waals surface area contributed by atoms with Crippen LogP contribution in [0.1, 0.15) is 19.8 Å². The van der Waals surface area contributed by atoms with E-state index in [-0.39, 0.29) is 18.0 Å². The van der Waals surface area contributed by atoms with Gasteiger partial charge in [-0.05, 0) is 43.9 Å². The van der Waals surface area contributed by atoms with Crippen LogP contribution in [0.4, 0.5) is 14.7 Å². The molecular weight excluding hydrogens is 382 g/mol. The highest BCUT2D eigenvalue weighted by molar-refractivity contribution is 5.77. The van der Waals surface area contributed by atoms with Crippen molar-refractivity contribution in [2.24, 2.45) is 5.92 Å². The molecule has 29 heavy (non-hydrogen) atoms. The molecule has 1 aliphatic rings. The van der Waals surface area contributed by atoms with Gasteiger partial charge in [0, 0.05) is 24.2 Å². The molecule has 0 bridgehead atoms. The first-order valence-electron chi connectivity index (χ1n) is 9.36. The second kappa shape index (κ2) is 7.75. The topological polar surface area (TPSA) is 89.3 Å². The Morgan fingerprint density at radius 2 is 2.10 bits per heavy atom. The van der Waals surface area contributed by atoms with Crippen molar-refractivity contribution in [1.82, 2.24) is 14.5 Å². The predicted molar refractivity (Wildman–Crippen MR) is 103 cm³/mol. The Morgan fingerprint density at radius 3 is 2.79 bits per heavy atom.